The number of imidazole rings is 1. The molecule has 1 fully saturated rings. The number of nitrogens with zero attached hydrogens (tertiary/aromatic N) is 4. The van der Waals surface area contributed by atoms with Crippen LogP contribution in [0.5, 0.6) is 11.5 Å². The summed E-state index contributed by atoms with van der Waals surface area (Å²) in [7, 11) is 0. The molecule has 3 aromatic rings. The standard InChI is InChI=1S/C23H27BrN6O4S/c1-23(2,3)34-22(31)29-6-4-13(10-29)5-7-30-11-26-19(25)18-20(30)28-21(27-18)35-17-9-16-15(8-14(17)24)32-12-33-16/h8-9,11,13,25H,4-7,10,12H2,1-3H3,(H,27,28). The van der Waals surface area contributed by atoms with Crippen LogP contribution >= 0.6 is 27.7 Å². The maximum absolute atomic E-state index is 12.4. The molecule has 35 heavy (non-hydrogen) atoms. The van der Waals surface area contributed by atoms with Gasteiger partial charge in [0.15, 0.2) is 27.8 Å². The summed E-state index contributed by atoms with van der Waals surface area (Å²) in [5.41, 5.74) is 0.934. The van der Waals surface area contributed by atoms with Crippen molar-refractivity contribution in [1.29, 1.82) is 5.41 Å². The normalized spacial score (nSPS) is 17.4. The summed E-state index contributed by atoms with van der Waals surface area (Å²) >= 11 is 5.03. The first-order valence-electron chi connectivity index (χ1n) is 11.4. The number of fused-ring (bicyclic) bond motifs is 2. The van der Waals surface area contributed by atoms with E-state index in [-0.39, 0.29) is 18.4 Å². The number of aromatic amines is 1. The highest BCUT2D eigenvalue weighted by molar-refractivity contribution is 9.10. The van der Waals surface area contributed by atoms with Crippen LogP contribution in [-0.4, -0.2) is 56.0 Å². The third kappa shape index (κ3) is 5.27. The lowest BCUT2D eigenvalue weighted by Crippen LogP contribution is -2.35. The van der Waals surface area contributed by atoms with Gasteiger partial charge in [-0.05, 0) is 67.6 Å². The Bertz CT molecular complexity index is 1330. The Morgan fingerprint density at radius 3 is 2.89 bits per heavy atom. The maximum Gasteiger partial charge on any atom is 0.410 e. The van der Waals surface area contributed by atoms with Gasteiger partial charge in [-0.2, -0.15) is 0 Å². The number of halogens is 1. The van der Waals surface area contributed by atoms with E-state index < -0.39 is 5.60 Å². The monoisotopic (exact) mass is 562 g/mol. The Labute approximate surface area is 215 Å². The number of likely N-dealkylation sites (tertiary alicyclic amines) is 1. The third-order valence-corrected chi connectivity index (χ3v) is 7.71. The minimum Gasteiger partial charge on any atom is -0.454 e. The first kappa shape index (κ1) is 24.0. The Hall–Kier alpha value is -2.73. The lowest BCUT2D eigenvalue weighted by molar-refractivity contribution is 0.0287. The summed E-state index contributed by atoms with van der Waals surface area (Å²) < 4.78 is 19.3. The molecule has 1 unspecified atom stereocenters. The molecule has 0 aliphatic carbocycles. The molecule has 12 heteroatoms. The molecule has 10 nitrogen and oxygen atoms in total. The molecule has 2 aromatic heterocycles. The van der Waals surface area contributed by atoms with E-state index in [0.717, 1.165) is 22.2 Å². The fourth-order valence-electron chi connectivity index (χ4n) is 4.14. The number of hydrogen-bond acceptors (Lipinski definition) is 8. The minimum atomic E-state index is -0.494. The molecule has 2 aliphatic rings. The number of nitrogens with one attached hydrogen (secondary N) is 2. The largest absolute Gasteiger partial charge is 0.454 e. The van der Waals surface area contributed by atoms with Crippen LogP contribution in [0.3, 0.4) is 0 Å². The van der Waals surface area contributed by atoms with Gasteiger partial charge in [0.2, 0.25) is 6.79 Å². The van der Waals surface area contributed by atoms with Crippen LogP contribution in [0.4, 0.5) is 4.79 Å². The van der Waals surface area contributed by atoms with Gasteiger partial charge in [-0.15, -0.1) is 0 Å². The number of rotatable bonds is 5. The van der Waals surface area contributed by atoms with E-state index in [1.165, 1.54) is 11.8 Å². The van der Waals surface area contributed by atoms with Crippen LogP contribution in [0.15, 0.2) is 33.0 Å². The second-order valence-corrected chi connectivity index (χ2v) is 11.5. The van der Waals surface area contributed by atoms with Gasteiger partial charge in [0, 0.05) is 29.0 Å². The number of aromatic nitrogens is 4. The molecule has 186 valence electrons. The number of carbonyl (C=O) groups is 1. The molecule has 0 spiro atoms. The highest BCUT2D eigenvalue weighted by Gasteiger charge is 2.29. The van der Waals surface area contributed by atoms with Gasteiger partial charge in [0.25, 0.3) is 0 Å². The van der Waals surface area contributed by atoms with Crippen LogP contribution in [0.25, 0.3) is 11.2 Å². The quantitative estimate of drug-likeness (QED) is 0.469. The van der Waals surface area contributed by atoms with Crippen molar-refractivity contribution in [3.05, 3.63) is 28.4 Å². The van der Waals surface area contributed by atoms with Crippen LogP contribution in [0.2, 0.25) is 0 Å². The Morgan fingerprint density at radius 2 is 2.11 bits per heavy atom. The first-order valence-corrected chi connectivity index (χ1v) is 13.0. The molecule has 1 saturated heterocycles. The van der Waals surface area contributed by atoms with E-state index in [0.29, 0.717) is 53.4 Å². The number of hydrogen-bond donors (Lipinski definition) is 2. The van der Waals surface area contributed by atoms with E-state index in [1.807, 2.05) is 37.5 Å². The molecule has 0 bridgehead atoms. The molecule has 5 rings (SSSR count). The molecule has 1 amide bonds. The lowest BCUT2D eigenvalue weighted by Gasteiger charge is -2.24. The molecule has 0 radical (unpaired) electrons. The molecule has 0 saturated carbocycles. The molecule has 1 atom stereocenters. The van der Waals surface area contributed by atoms with Gasteiger partial charge in [0.1, 0.15) is 11.1 Å². The van der Waals surface area contributed by atoms with Gasteiger partial charge < -0.3 is 28.7 Å². The predicted molar refractivity (Wildman–Crippen MR) is 133 cm³/mol. The van der Waals surface area contributed by atoms with Gasteiger partial charge in [-0.1, -0.05) is 11.8 Å². The minimum absolute atomic E-state index is 0.150. The molecule has 2 N–H and O–H groups in total. The molecule has 2 aliphatic heterocycles. The average Bonchev–Trinajstić information content (AvgIpc) is 3.52. The highest BCUT2D eigenvalue weighted by Crippen LogP contribution is 2.42. The van der Waals surface area contributed by atoms with Gasteiger partial charge in [-0.25, -0.2) is 14.8 Å². The van der Waals surface area contributed by atoms with Crippen molar-refractivity contribution in [1.82, 2.24) is 24.4 Å². The highest BCUT2D eigenvalue weighted by atomic mass is 79.9. The zero-order valence-electron chi connectivity index (χ0n) is 19.8. The van der Waals surface area contributed by atoms with E-state index >= 15 is 0 Å². The second-order valence-electron chi connectivity index (χ2n) is 9.63. The molecular weight excluding hydrogens is 536 g/mol. The van der Waals surface area contributed by atoms with Crippen molar-refractivity contribution in [2.45, 2.75) is 55.8 Å². The number of aryl methyl sites for hydroxylation is 1. The van der Waals surface area contributed by atoms with Crippen LogP contribution in [0.1, 0.15) is 33.6 Å². The number of carbonyl (C=O) groups excluding carboxylic acids is 1. The van der Waals surface area contributed by atoms with Crippen molar-refractivity contribution in [3.8, 4) is 11.5 Å². The number of H-pyrrole nitrogens is 1. The van der Waals surface area contributed by atoms with E-state index in [1.54, 1.807) is 11.2 Å². The van der Waals surface area contributed by atoms with Gasteiger partial charge in [-0.3, -0.25) is 5.41 Å². The van der Waals surface area contributed by atoms with Crippen molar-refractivity contribution in [2.75, 3.05) is 19.9 Å². The summed E-state index contributed by atoms with van der Waals surface area (Å²) in [5, 5.41) is 8.89. The van der Waals surface area contributed by atoms with Crippen molar-refractivity contribution in [2.24, 2.45) is 5.92 Å². The van der Waals surface area contributed by atoms with E-state index in [9.17, 15) is 4.79 Å². The smallest absolute Gasteiger partial charge is 0.410 e. The number of amides is 1. The third-order valence-electron chi connectivity index (χ3n) is 5.85. The Balaban J connectivity index is 1.28. The van der Waals surface area contributed by atoms with Crippen molar-refractivity contribution >= 4 is 44.9 Å². The second kappa shape index (κ2) is 9.38. The van der Waals surface area contributed by atoms with E-state index in [2.05, 4.69) is 25.9 Å². The average molecular weight is 563 g/mol. The molecule has 4 heterocycles. The fourth-order valence-corrected chi connectivity index (χ4v) is 5.52. The van der Waals surface area contributed by atoms with Gasteiger partial charge >= 0.3 is 6.09 Å². The lowest BCUT2D eigenvalue weighted by atomic mass is 10.1. The maximum atomic E-state index is 12.4. The number of benzene rings is 1. The zero-order valence-corrected chi connectivity index (χ0v) is 22.2. The summed E-state index contributed by atoms with van der Waals surface area (Å²) in [6.07, 6.45) is 3.23. The summed E-state index contributed by atoms with van der Waals surface area (Å²) in [6.45, 7) is 7.94. The first-order chi connectivity index (χ1) is 16.7. The molecule has 1 aromatic carbocycles. The fraction of sp³-hybridized carbons (Fsp3) is 0.478. The predicted octanol–water partition coefficient (Wildman–Crippen LogP) is 4.53. The Kier molecular flexibility index (Phi) is 6.43. The topological polar surface area (TPSA) is 118 Å². The van der Waals surface area contributed by atoms with Crippen LogP contribution in [0, 0.1) is 11.3 Å². The SMILES string of the molecule is CC(C)(C)OC(=O)N1CCC(CCn2cnc(=N)c3[nH]c(Sc4cc5c(cc4Br)OCO5)nc32)C1. The molecular formula is C23H27BrN6O4S. The van der Waals surface area contributed by atoms with Crippen molar-refractivity contribution < 1.29 is 19.0 Å². The van der Waals surface area contributed by atoms with Crippen LogP contribution in [-0.2, 0) is 11.3 Å². The number of ether oxygens (including phenoxy) is 3. The summed E-state index contributed by atoms with van der Waals surface area (Å²) in [5.74, 6) is 1.78. The van der Waals surface area contributed by atoms with Gasteiger partial charge in [0.05, 0.1) is 6.33 Å². The van der Waals surface area contributed by atoms with Crippen molar-refractivity contribution in [3.63, 3.8) is 0 Å². The Morgan fingerprint density at radius 1 is 1.34 bits per heavy atom. The van der Waals surface area contributed by atoms with Crippen LogP contribution < -0.4 is 15.0 Å². The van der Waals surface area contributed by atoms with E-state index in [4.69, 9.17) is 24.6 Å². The summed E-state index contributed by atoms with van der Waals surface area (Å²) in [6, 6.07) is 3.79. The summed E-state index contributed by atoms with van der Waals surface area (Å²) in [4.78, 5) is 27.3. The zero-order chi connectivity index (χ0) is 24.7.